The molecule has 0 radical (unpaired) electrons. The van der Waals surface area contributed by atoms with E-state index >= 15 is 0 Å². The molecule has 3 N–H and O–H groups in total. The predicted octanol–water partition coefficient (Wildman–Crippen LogP) is 5.07. The maximum absolute atomic E-state index is 14.1. The van der Waals surface area contributed by atoms with E-state index in [1.165, 1.54) is 12.1 Å². The van der Waals surface area contributed by atoms with Gasteiger partial charge in [-0.2, -0.15) is 13.2 Å². The van der Waals surface area contributed by atoms with E-state index < -0.39 is 39.1 Å². The first-order valence-electron chi connectivity index (χ1n) is 12.1. The fraction of sp³-hybridized carbons (Fsp3) is 0.321. The third-order valence-corrected chi connectivity index (χ3v) is 7.62. The van der Waals surface area contributed by atoms with Crippen molar-refractivity contribution in [1.82, 2.24) is 4.72 Å². The fourth-order valence-corrected chi connectivity index (χ4v) is 5.92. The van der Waals surface area contributed by atoms with Crippen molar-refractivity contribution in [3.63, 3.8) is 0 Å². The van der Waals surface area contributed by atoms with Crippen LogP contribution in [0.3, 0.4) is 0 Å². The van der Waals surface area contributed by atoms with Gasteiger partial charge in [-0.25, -0.2) is 13.1 Å². The first kappa shape index (κ1) is 27.7. The molecule has 1 fully saturated rings. The highest BCUT2D eigenvalue weighted by Crippen LogP contribution is 2.44. The number of nitrogens with one attached hydrogen (secondary N) is 1. The molecule has 6 nitrogen and oxygen atoms in total. The summed E-state index contributed by atoms with van der Waals surface area (Å²) in [5.74, 6) is -0.315. The molecule has 2 atom stereocenters. The van der Waals surface area contributed by atoms with Crippen molar-refractivity contribution in [2.24, 2.45) is 11.1 Å². The molecule has 38 heavy (non-hydrogen) atoms. The molecule has 3 aromatic rings. The van der Waals surface area contributed by atoms with Crippen LogP contribution in [-0.4, -0.2) is 26.6 Å². The van der Waals surface area contributed by atoms with Gasteiger partial charge in [0.25, 0.3) is 0 Å². The minimum atomic E-state index is -4.63. The first-order valence-corrected chi connectivity index (χ1v) is 14.0. The van der Waals surface area contributed by atoms with Crippen molar-refractivity contribution in [2.45, 2.75) is 44.5 Å². The minimum Gasteiger partial charge on any atom is -0.488 e. The highest BCUT2D eigenvalue weighted by molar-refractivity contribution is 7.88. The summed E-state index contributed by atoms with van der Waals surface area (Å²) in [4.78, 5) is 12.5. The van der Waals surface area contributed by atoms with Crippen molar-refractivity contribution < 1.29 is 31.1 Å². The molecule has 1 amide bonds. The molecule has 0 spiro atoms. The van der Waals surface area contributed by atoms with Crippen LogP contribution in [0.15, 0.2) is 72.8 Å². The molecule has 0 aromatic heterocycles. The molecule has 0 saturated heterocycles. The molecule has 1 aliphatic carbocycles. The summed E-state index contributed by atoms with van der Waals surface area (Å²) >= 11 is 0. The Kier molecular flexibility index (Phi) is 7.85. The molecular formula is C28H29F3N2O4S. The Balaban J connectivity index is 1.69. The summed E-state index contributed by atoms with van der Waals surface area (Å²) in [6.07, 6.45) is -2.61. The lowest BCUT2D eigenvalue weighted by Gasteiger charge is -2.27. The first-order chi connectivity index (χ1) is 17.9. The van der Waals surface area contributed by atoms with Crippen molar-refractivity contribution in [3.8, 4) is 16.9 Å². The van der Waals surface area contributed by atoms with Crippen LogP contribution in [0, 0.1) is 5.41 Å². The van der Waals surface area contributed by atoms with Gasteiger partial charge < -0.3 is 10.5 Å². The quantitative estimate of drug-likeness (QED) is 0.392. The van der Waals surface area contributed by atoms with Gasteiger partial charge in [-0.05, 0) is 54.5 Å². The average molecular weight is 547 g/mol. The van der Waals surface area contributed by atoms with E-state index in [2.05, 4.69) is 4.72 Å². The van der Waals surface area contributed by atoms with E-state index in [0.29, 0.717) is 24.2 Å². The molecular weight excluding hydrogens is 517 g/mol. The lowest BCUT2D eigenvalue weighted by atomic mass is 9.78. The Bertz CT molecular complexity index is 1410. The molecule has 10 heteroatoms. The summed E-state index contributed by atoms with van der Waals surface area (Å²) in [6, 6.07) is 19.1. The largest absolute Gasteiger partial charge is 0.488 e. The fourth-order valence-electron chi connectivity index (χ4n) is 5.11. The third-order valence-electron chi connectivity index (χ3n) is 6.86. The molecule has 1 aliphatic rings. The lowest BCUT2D eigenvalue weighted by Crippen LogP contribution is -2.40. The number of para-hydroxylation sites is 1. The van der Waals surface area contributed by atoms with Gasteiger partial charge in [-0.3, -0.25) is 4.79 Å². The van der Waals surface area contributed by atoms with Crippen LogP contribution in [0.4, 0.5) is 13.2 Å². The highest BCUT2D eigenvalue weighted by atomic mass is 32.2. The number of carbonyl (C=O) groups excluding carboxylic acids is 1. The number of hydrogen-bond acceptors (Lipinski definition) is 4. The third kappa shape index (κ3) is 6.54. The van der Waals surface area contributed by atoms with Crippen molar-refractivity contribution >= 4 is 15.9 Å². The van der Waals surface area contributed by atoms with Crippen molar-refractivity contribution in [2.75, 3.05) is 6.26 Å². The second kappa shape index (κ2) is 10.8. The number of nitrogens with two attached hydrogens (primary N) is 1. The van der Waals surface area contributed by atoms with Gasteiger partial charge in [0.15, 0.2) is 0 Å². The monoisotopic (exact) mass is 546 g/mol. The highest BCUT2D eigenvalue weighted by Gasteiger charge is 2.45. The summed E-state index contributed by atoms with van der Waals surface area (Å²) in [6.45, 7) is 0.179. The standard InChI is InChI=1S/C28H29F3N2O4S/c1-38(35,36)33-21-13-14-27(17-21,26(32)34)16-20-11-12-24(28(29,30)31)23(15-20)22-9-5-6-10-25(22)37-18-19-7-3-2-4-8-19/h2-12,15,21,33H,13-14,16-18H2,1H3,(H2,32,34)/t21-,27+/m0/s1. The second-order valence-electron chi connectivity index (χ2n) is 9.80. The topological polar surface area (TPSA) is 98.5 Å². The zero-order valence-corrected chi connectivity index (χ0v) is 21.6. The van der Waals surface area contributed by atoms with Crippen molar-refractivity contribution in [1.29, 1.82) is 0 Å². The number of alkyl halides is 3. The van der Waals surface area contributed by atoms with Gasteiger partial charge in [0.05, 0.1) is 17.2 Å². The van der Waals surface area contributed by atoms with Crippen LogP contribution >= 0.6 is 0 Å². The normalized spacial score (nSPS) is 19.8. The summed E-state index contributed by atoms with van der Waals surface area (Å²) in [5, 5.41) is 0. The molecule has 3 aromatic carbocycles. The van der Waals surface area contributed by atoms with Gasteiger partial charge in [-0.15, -0.1) is 0 Å². The van der Waals surface area contributed by atoms with Crippen LogP contribution in [-0.2, 0) is 34.0 Å². The molecule has 0 aliphatic heterocycles. The Labute approximate surface area is 220 Å². The number of hydrogen-bond donors (Lipinski definition) is 2. The number of halogens is 3. The molecule has 0 bridgehead atoms. The van der Waals surface area contributed by atoms with Crippen LogP contribution in [0.1, 0.15) is 36.0 Å². The molecule has 0 unspecified atom stereocenters. The molecule has 202 valence electrons. The Morgan fingerprint density at radius 2 is 1.71 bits per heavy atom. The molecule has 4 rings (SSSR count). The second-order valence-corrected chi connectivity index (χ2v) is 11.6. The maximum atomic E-state index is 14.1. The van der Waals surface area contributed by atoms with Gasteiger partial charge in [0.1, 0.15) is 12.4 Å². The lowest BCUT2D eigenvalue weighted by molar-refractivity contribution is -0.137. The van der Waals surface area contributed by atoms with E-state index in [4.69, 9.17) is 10.5 Å². The number of ether oxygens (including phenoxy) is 1. The Morgan fingerprint density at radius 1 is 1.03 bits per heavy atom. The predicted molar refractivity (Wildman–Crippen MR) is 139 cm³/mol. The van der Waals surface area contributed by atoms with Crippen LogP contribution in [0.5, 0.6) is 5.75 Å². The minimum absolute atomic E-state index is 0.0675. The van der Waals surface area contributed by atoms with Crippen LogP contribution in [0.25, 0.3) is 11.1 Å². The van der Waals surface area contributed by atoms with Crippen LogP contribution < -0.4 is 15.2 Å². The number of sulfonamides is 1. The molecule has 1 saturated carbocycles. The van der Waals surface area contributed by atoms with Gasteiger partial charge in [-0.1, -0.05) is 60.7 Å². The zero-order valence-electron chi connectivity index (χ0n) is 20.8. The van der Waals surface area contributed by atoms with E-state index in [1.807, 2.05) is 30.3 Å². The number of carbonyl (C=O) groups is 1. The van der Waals surface area contributed by atoms with E-state index in [1.54, 1.807) is 24.3 Å². The Hall–Kier alpha value is -3.37. The summed E-state index contributed by atoms with van der Waals surface area (Å²) in [5.41, 5.74) is 5.42. The smallest absolute Gasteiger partial charge is 0.417 e. The summed E-state index contributed by atoms with van der Waals surface area (Å²) < 4.78 is 74.1. The van der Waals surface area contributed by atoms with Crippen molar-refractivity contribution in [3.05, 3.63) is 89.5 Å². The number of benzene rings is 3. The number of primary amides is 1. The van der Waals surface area contributed by atoms with Gasteiger partial charge >= 0.3 is 6.18 Å². The zero-order chi connectivity index (χ0) is 27.6. The van der Waals surface area contributed by atoms with Crippen LogP contribution in [0.2, 0.25) is 0 Å². The number of amides is 1. The van der Waals surface area contributed by atoms with Gasteiger partial charge in [0, 0.05) is 11.6 Å². The molecule has 0 heterocycles. The van der Waals surface area contributed by atoms with E-state index in [0.717, 1.165) is 17.9 Å². The maximum Gasteiger partial charge on any atom is 0.417 e. The van der Waals surface area contributed by atoms with Gasteiger partial charge in [0.2, 0.25) is 15.9 Å². The SMILES string of the molecule is CS(=O)(=O)N[C@H]1CC[C@](Cc2ccc(C(F)(F)F)c(-c3ccccc3OCc3ccccc3)c2)(C(N)=O)C1. The summed E-state index contributed by atoms with van der Waals surface area (Å²) in [7, 11) is -3.49. The average Bonchev–Trinajstić information content (AvgIpc) is 3.25. The Morgan fingerprint density at radius 3 is 2.37 bits per heavy atom. The van der Waals surface area contributed by atoms with E-state index in [9.17, 15) is 26.4 Å². The number of rotatable bonds is 9. The van der Waals surface area contributed by atoms with E-state index in [-0.39, 0.29) is 30.6 Å².